The second-order valence-electron chi connectivity index (χ2n) is 8.25. The van der Waals surface area contributed by atoms with E-state index >= 15 is 0 Å². The molecule has 7 heteroatoms. The van der Waals surface area contributed by atoms with Crippen LogP contribution in [-0.4, -0.2) is 29.4 Å². The van der Waals surface area contributed by atoms with Crippen LogP contribution in [0.25, 0.3) is 0 Å². The molecule has 1 aromatic carbocycles. The number of ether oxygens (including phenoxy) is 1. The summed E-state index contributed by atoms with van der Waals surface area (Å²) in [5, 5.41) is 5.15. The SMILES string of the molecule is CCOc1ccc(C(C(=O)NC2CCCC2)N(Cc2ccco2)C(=O)Cc2cccs2)cc1. The molecular formula is C26H30N2O4S. The van der Waals surface area contributed by atoms with Crippen molar-refractivity contribution in [1.82, 2.24) is 10.2 Å². The largest absolute Gasteiger partial charge is 0.494 e. The summed E-state index contributed by atoms with van der Waals surface area (Å²) in [7, 11) is 0. The number of nitrogens with one attached hydrogen (secondary N) is 1. The highest BCUT2D eigenvalue weighted by atomic mass is 32.1. The van der Waals surface area contributed by atoms with Crippen molar-refractivity contribution in [2.24, 2.45) is 0 Å². The lowest BCUT2D eigenvalue weighted by Crippen LogP contribution is -2.46. The molecule has 174 valence electrons. The molecular weight excluding hydrogens is 436 g/mol. The summed E-state index contributed by atoms with van der Waals surface area (Å²) in [6, 6.07) is 14.3. The molecule has 4 rings (SSSR count). The van der Waals surface area contributed by atoms with Crippen LogP contribution in [-0.2, 0) is 22.6 Å². The minimum absolute atomic E-state index is 0.116. The van der Waals surface area contributed by atoms with Gasteiger partial charge in [-0.2, -0.15) is 0 Å². The first-order valence-corrected chi connectivity index (χ1v) is 12.4. The van der Waals surface area contributed by atoms with Crippen LogP contribution in [0, 0.1) is 0 Å². The van der Waals surface area contributed by atoms with Crippen LogP contribution >= 0.6 is 11.3 Å². The molecule has 2 amide bonds. The van der Waals surface area contributed by atoms with E-state index in [1.165, 1.54) is 11.3 Å². The molecule has 2 heterocycles. The normalized spacial score (nSPS) is 14.7. The highest BCUT2D eigenvalue weighted by Gasteiger charge is 2.33. The predicted octanol–water partition coefficient (Wildman–Crippen LogP) is 5.11. The number of amides is 2. The molecule has 1 unspecified atom stereocenters. The standard InChI is InChI=1S/C26H30N2O4S/c1-2-31-21-13-11-19(12-14-21)25(26(30)27-20-7-3-4-8-20)28(18-22-9-5-15-32-22)24(29)17-23-10-6-16-33-23/h5-6,9-16,20,25H,2-4,7-8,17-18H2,1H3,(H,27,30). The topological polar surface area (TPSA) is 71.8 Å². The van der Waals surface area contributed by atoms with E-state index < -0.39 is 6.04 Å². The zero-order valence-electron chi connectivity index (χ0n) is 18.9. The number of benzene rings is 1. The average Bonchev–Trinajstić information content (AvgIpc) is 3.59. The fourth-order valence-electron chi connectivity index (χ4n) is 4.29. The third-order valence-electron chi connectivity index (χ3n) is 5.90. The number of rotatable bonds is 10. The van der Waals surface area contributed by atoms with E-state index in [4.69, 9.17) is 9.15 Å². The lowest BCUT2D eigenvalue weighted by Gasteiger charge is -2.32. The Bertz CT molecular complexity index is 1010. The molecule has 0 bridgehead atoms. The van der Waals surface area contributed by atoms with Crippen LogP contribution in [0.5, 0.6) is 5.75 Å². The number of carbonyl (C=O) groups is 2. The third kappa shape index (κ3) is 6.05. The first-order valence-electron chi connectivity index (χ1n) is 11.5. The third-order valence-corrected chi connectivity index (χ3v) is 6.78. The predicted molar refractivity (Wildman–Crippen MR) is 128 cm³/mol. The van der Waals surface area contributed by atoms with Crippen molar-refractivity contribution < 1.29 is 18.7 Å². The van der Waals surface area contributed by atoms with Crippen LogP contribution in [0.15, 0.2) is 64.6 Å². The van der Waals surface area contributed by atoms with Gasteiger partial charge in [0.15, 0.2) is 0 Å². The zero-order valence-corrected chi connectivity index (χ0v) is 19.7. The van der Waals surface area contributed by atoms with Gasteiger partial charge in [-0.05, 0) is 61.0 Å². The zero-order chi connectivity index (χ0) is 23.0. The second-order valence-corrected chi connectivity index (χ2v) is 9.28. The van der Waals surface area contributed by atoms with Gasteiger partial charge in [0.1, 0.15) is 17.6 Å². The molecule has 2 aromatic heterocycles. The number of furan rings is 1. The van der Waals surface area contributed by atoms with Crippen LogP contribution in [0.3, 0.4) is 0 Å². The highest BCUT2D eigenvalue weighted by molar-refractivity contribution is 7.10. The molecule has 0 saturated heterocycles. The summed E-state index contributed by atoms with van der Waals surface area (Å²) in [6.45, 7) is 2.71. The maximum Gasteiger partial charge on any atom is 0.247 e. The summed E-state index contributed by atoms with van der Waals surface area (Å²) in [4.78, 5) is 29.8. The Kier molecular flexibility index (Phi) is 7.83. The van der Waals surface area contributed by atoms with Gasteiger partial charge in [-0.25, -0.2) is 0 Å². The summed E-state index contributed by atoms with van der Waals surface area (Å²) >= 11 is 1.54. The average molecular weight is 467 g/mol. The van der Waals surface area contributed by atoms with Gasteiger partial charge >= 0.3 is 0 Å². The molecule has 33 heavy (non-hydrogen) atoms. The maximum absolute atomic E-state index is 13.6. The number of hydrogen-bond acceptors (Lipinski definition) is 5. The van der Waals surface area contributed by atoms with E-state index in [9.17, 15) is 9.59 Å². The minimum Gasteiger partial charge on any atom is -0.494 e. The fraction of sp³-hybridized carbons (Fsp3) is 0.385. The molecule has 6 nitrogen and oxygen atoms in total. The van der Waals surface area contributed by atoms with E-state index in [1.807, 2.05) is 54.8 Å². The molecule has 1 atom stereocenters. The highest BCUT2D eigenvalue weighted by Crippen LogP contribution is 2.28. The van der Waals surface area contributed by atoms with E-state index in [2.05, 4.69) is 5.32 Å². The van der Waals surface area contributed by atoms with Gasteiger partial charge in [-0.1, -0.05) is 31.0 Å². The van der Waals surface area contributed by atoms with Gasteiger partial charge in [0.05, 0.1) is 25.8 Å². The number of nitrogens with zero attached hydrogens (tertiary/aromatic N) is 1. The van der Waals surface area contributed by atoms with Crippen LogP contribution in [0.2, 0.25) is 0 Å². The Balaban J connectivity index is 1.66. The molecule has 1 saturated carbocycles. The van der Waals surface area contributed by atoms with Gasteiger partial charge in [-0.3, -0.25) is 9.59 Å². The van der Waals surface area contributed by atoms with Crippen molar-refractivity contribution in [2.45, 2.75) is 57.7 Å². The Hall–Kier alpha value is -3.06. The maximum atomic E-state index is 13.6. The van der Waals surface area contributed by atoms with Gasteiger partial charge in [0.2, 0.25) is 11.8 Å². The monoisotopic (exact) mass is 466 g/mol. The Morgan fingerprint density at radius 3 is 2.58 bits per heavy atom. The Labute approximate surface area is 198 Å². The molecule has 3 aromatic rings. The second kappa shape index (κ2) is 11.2. The van der Waals surface area contributed by atoms with Crippen molar-refractivity contribution in [3.63, 3.8) is 0 Å². The molecule has 1 aliphatic rings. The first kappa shape index (κ1) is 23.1. The molecule has 0 aliphatic heterocycles. The summed E-state index contributed by atoms with van der Waals surface area (Å²) in [6.07, 6.45) is 6.01. The Morgan fingerprint density at radius 1 is 1.15 bits per heavy atom. The van der Waals surface area contributed by atoms with E-state index in [1.54, 1.807) is 17.2 Å². The summed E-state index contributed by atoms with van der Waals surface area (Å²) < 4.78 is 11.1. The Morgan fingerprint density at radius 2 is 1.94 bits per heavy atom. The van der Waals surface area contributed by atoms with E-state index in [0.29, 0.717) is 12.4 Å². The fourth-order valence-corrected chi connectivity index (χ4v) is 4.99. The van der Waals surface area contributed by atoms with E-state index in [-0.39, 0.29) is 30.8 Å². The molecule has 1 fully saturated rings. The van der Waals surface area contributed by atoms with Crippen LogP contribution < -0.4 is 10.1 Å². The van der Waals surface area contributed by atoms with Crippen molar-refractivity contribution in [2.75, 3.05) is 6.61 Å². The van der Waals surface area contributed by atoms with Crippen molar-refractivity contribution in [1.29, 1.82) is 0 Å². The minimum atomic E-state index is -0.765. The molecule has 0 spiro atoms. The number of hydrogen-bond donors (Lipinski definition) is 1. The quantitative estimate of drug-likeness (QED) is 0.451. The summed E-state index contributed by atoms with van der Waals surface area (Å²) in [5.74, 6) is 1.10. The van der Waals surface area contributed by atoms with Crippen LogP contribution in [0.1, 0.15) is 54.8 Å². The first-order chi connectivity index (χ1) is 16.1. The summed E-state index contributed by atoms with van der Waals surface area (Å²) in [5.41, 5.74) is 0.750. The molecule has 1 N–H and O–H groups in total. The lowest BCUT2D eigenvalue weighted by molar-refractivity contribution is -0.141. The molecule has 0 radical (unpaired) electrons. The lowest BCUT2D eigenvalue weighted by atomic mass is 10.0. The van der Waals surface area contributed by atoms with Crippen LogP contribution in [0.4, 0.5) is 0 Å². The van der Waals surface area contributed by atoms with Gasteiger partial charge in [0.25, 0.3) is 0 Å². The van der Waals surface area contributed by atoms with Crippen molar-refractivity contribution in [3.05, 3.63) is 76.4 Å². The van der Waals surface area contributed by atoms with Crippen molar-refractivity contribution >= 4 is 23.2 Å². The van der Waals surface area contributed by atoms with Crippen molar-refractivity contribution in [3.8, 4) is 5.75 Å². The smallest absolute Gasteiger partial charge is 0.247 e. The van der Waals surface area contributed by atoms with Gasteiger partial charge < -0.3 is 19.4 Å². The van der Waals surface area contributed by atoms with Gasteiger partial charge in [-0.15, -0.1) is 11.3 Å². The van der Waals surface area contributed by atoms with Gasteiger partial charge in [0, 0.05) is 10.9 Å². The number of thiophene rings is 1. The number of carbonyl (C=O) groups excluding carboxylic acids is 2. The molecule has 1 aliphatic carbocycles. The van der Waals surface area contributed by atoms with E-state index in [0.717, 1.165) is 41.9 Å².